The van der Waals surface area contributed by atoms with E-state index in [1.165, 1.54) is 0 Å². The Morgan fingerprint density at radius 1 is 0.974 bits per heavy atom. The molecule has 9 nitrogen and oxygen atoms in total. The Kier molecular flexibility index (Phi) is 6.04. The molecule has 2 saturated heterocycles. The minimum absolute atomic E-state index is 0.344. The summed E-state index contributed by atoms with van der Waals surface area (Å²) >= 11 is 6.15. The van der Waals surface area contributed by atoms with Crippen molar-refractivity contribution in [3.05, 3.63) is 78.1 Å². The number of piperidine rings is 2. The molecule has 2 fully saturated rings. The van der Waals surface area contributed by atoms with E-state index in [2.05, 4.69) is 21.9 Å². The fraction of sp³-hybridized carbons (Fsp3) is 0.357. The zero-order valence-corrected chi connectivity index (χ0v) is 21.7. The highest BCUT2D eigenvalue weighted by atomic mass is 32.1. The van der Waals surface area contributed by atoms with E-state index < -0.39 is 16.7 Å². The summed E-state index contributed by atoms with van der Waals surface area (Å²) in [5, 5.41) is 22.0. The standard InChI is InChI=1S/C28H26N6O3S/c1-35-23-9-3-2-8-22(23)24-27(14-29)16-32(12-20-6-4-10-36-20)17-28(24,15-30)26(38)34-19-33(18-31-25(27)34)13-21-7-5-11-37-21/h2-11,24H,12-13,16-19H2,1H3/t24-,27+,28+/m0/s1. The SMILES string of the molecule is COc1ccccc1[C@@H]1[C@@]2(C#N)CN(Cc3ccco3)C[C@@]1(C#N)C1=NCN(Cc3ccco3)CN1C2=S. The zero-order valence-electron chi connectivity index (χ0n) is 20.9. The van der Waals surface area contributed by atoms with Crippen LogP contribution in [-0.4, -0.2) is 59.1 Å². The topological polar surface area (TPSA) is 105 Å². The second-order valence-corrected chi connectivity index (χ2v) is 10.4. The molecular weight excluding hydrogens is 500 g/mol. The number of hydrogen-bond acceptors (Lipinski definition) is 9. The number of nitriles is 2. The maximum absolute atomic E-state index is 11.0. The number of rotatable bonds is 6. The molecule has 0 aliphatic carbocycles. The van der Waals surface area contributed by atoms with E-state index in [1.807, 2.05) is 53.4 Å². The lowest BCUT2D eigenvalue weighted by atomic mass is 9.53. The van der Waals surface area contributed by atoms with Gasteiger partial charge < -0.3 is 18.5 Å². The summed E-state index contributed by atoms with van der Waals surface area (Å²) in [4.78, 5) is 11.5. The van der Waals surface area contributed by atoms with Crippen molar-refractivity contribution in [2.45, 2.75) is 19.0 Å². The first kappa shape index (κ1) is 24.4. The van der Waals surface area contributed by atoms with Crippen LogP contribution in [0.1, 0.15) is 23.0 Å². The third-order valence-electron chi connectivity index (χ3n) is 7.74. The van der Waals surface area contributed by atoms with Gasteiger partial charge in [-0.15, -0.1) is 0 Å². The van der Waals surface area contributed by atoms with Gasteiger partial charge >= 0.3 is 0 Å². The molecule has 6 rings (SSSR count). The summed E-state index contributed by atoms with van der Waals surface area (Å²) < 4.78 is 16.9. The Hall–Kier alpha value is -3.96. The largest absolute Gasteiger partial charge is 0.496 e. The van der Waals surface area contributed by atoms with Crippen molar-refractivity contribution in [1.29, 1.82) is 10.5 Å². The fourth-order valence-corrected chi connectivity index (χ4v) is 6.67. The van der Waals surface area contributed by atoms with Crippen molar-refractivity contribution in [3.8, 4) is 17.9 Å². The minimum Gasteiger partial charge on any atom is -0.496 e. The first-order valence-corrected chi connectivity index (χ1v) is 12.8. The van der Waals surface area contributed by atoms with Crippen molar-refractivity contribution < 1.29 is 13.6 Å². The first-order valence-electron chi connectivity index (χ1n) is 12.4. The lowest BCUT2D eigenvalue weighted by molar-refractivity contribution is 0.0471. The summed E-state index contributed by atoms with van der Waals surface area (Å²) in [6.07, 6.45) is 3.27. The third-order valence-corrected chi connectivity index (χ3v) is 8.33. The molecule has 3 atom stereocenters. The van der Waals surface area contributed by atoms with Crippen LogP contribution in [0.2, 0.25) is 0 Å². The Bertz CT molecular complexity index is 1460. The highest BCUT2D eigenvalue weighted by molar-refractivity contribution is 7.80. The van der Waals surface area contributed by atoms with Gasteiger partial charge in [-0.25, -0.2) is 0 Å². The lowest BCUT2D eigenvalue weighted by Crippen LogP contribution is -2.73. The van der Waals surface area contributed by atoms with E-state index in [1.54, 1.807) is 19.6 Å². The number of para-hydroxylation sites is 1. The Balaban J connectivity index is 1.50. The monoisotopic (exact) mass is 526 g/mol. The number of aliphatic imine (C=N–C) groups is 1. The molecular formula is C28H26N6O3S. The van der Waals surface area contributed by atoms with Gasteiger partial charge in [-0.05, 0) is 30.3 Å². The van der Waals surface area contributed by atoms with Gasteiger partial charge in [0.2, 0.25) is 0 Å². The molecule has 0 N–H and O–H groups in total. The maximum Gasteiger partial charge on any atom is 0.136 e. The van der Waals surface area contributed by atoms with Crippen molar-refractivity contribution >= 4 is 23.0 Å². The van der Waals surface area contributed by atoms with Gasteiger partial charge in [-0.2, -0.15) is 10.5 Å². The van der Waals surface area contributed by atoms with Crippen LogP contribution >= 0.6 is 12.2 Å². The summed E-state index contributed by atoms with van der Waals surface area (Å²) in [6, 6.07) is 20.4. The first-order chi connectivity index (χ1) is 18.5. The molecule has 0 amide bonds. The van der Waals surface area contributed by atoms with Crippen LogP contribution in [0.5, 0.6) is 5.75 Å². The number of methoxy groups -OCH3 is 1. The molecule has 0 unspecified atom stereocenters. The number of thiocarbonyl (C=S) groups is 1. The molecule has 3 aliphatic heterocycles. The smallest absolute Gasteiger partial charge is 0.136 e. The highest BCUT2D eigenvalue weighted by Crippen LogP contribution is 2.59. The highest BCUT2D eigenvalue weighted by Gasteiger charge is 2.68. The zero-order chi connectivity index (χ0) is 26.3. The van der Waals surface area contributed by atoms with Gasteiger partial charge in [0.05, 0.1) is 58.2 Å². The second-order valence-electron chi connectivity index (χ2n) is 9.97. The number of hydrogen-bond donors (Lipinski definition) is 0. The van der Waals surface area contributed by atoms with Crippen molar-refractivity contribution in [2.75, 3.05) is 33.5 Å². The average molecular weight is 527 g/mol. The third kappa shape index (κ3) is 3.64. The van der Waals surface area contributed by atoms with E-state index >= 15 is 0 Å². The van der Waals surface area contributed by atoms with Crippen LogP contribution in [0.25, 0.3) is 0 Å². The Morgan fingerprint density at radius 3 is 2.26 bits per heavy atom. The normalized spacial score (nSPS) is 27.2. The molecule has 2 bridgehead atoms. The average Bonchev–Trinajstić information content (AvgIpc) is 3.66. The van der Waals surface area contributed by atoms with Gasteiger partial charge in [0.15, 0.2) is 0 Å². The number of fused-ring (bicyclic) bond motifs is 4. The van der Waals surface area contributed by atoms with E-state index in [-0.39, 0.29) is 0 Å². The van der Waals surface area contributed by atoms with Crippen LogP contribution < -0.4 is 4.74 Å². The lowest BCUT2D eigenvalue weighted by Gasteiger charge is -2.60. The van der Waals surface area contributed by atoms with Crippen molar-refractivity contribution in [1.82, 2.24) is 14.7 Å². The van der Waals surface area contributed by atoms with Crippen LogP contribution in [0.3, 0.4) is 0 Å². The van der Waals surface area contributed by atoms with Gasteiger partial charge in [-0.3, -0.25) is 14.8 Å². The van der Waals surface area contributed by atoms with Crippen molar-refractivity contribution in [2.24, 2.45) is 15.8 Å². The molecule has 10 heteroatoms. The molecule has 0 saturated carbocycles. The number of nitrogens with zero attached hydrogens (tertiary/aromatic N) is 6. The van der Waals surface area contributed by atoms with Crippen LogP contribution in [0.15, 0.2) is 74.9 Å². The molecule has 1 aromatic carbocycles. The van der Waals surface area contributed by atoms with E-state index in [9.17, 15) is 10.5 Å². The molecule has 3 aliphatic rings. The molecule has 192 valence electrons. The summed E-state index contributed by atoms with van der Waals surface area (Å²) in [5.41, 5.74) is -1.54. The van der Waals surface area contributed by atoms with Crippen LogP contribution in [-0.2, 0) is 13.1 Å². The Labute approximate surface area is 226 Å². The van der Waals surface area contributed by atoms with Crippen LogP contribution in [0.4, 0.5) is 0 Å². The predicted octanol–water partition coefficient (Wildman–Crippen LogP) is 3.97. The quantitative estimate of drug-likeness (QED) is 0.441. The van der Waals surface area contributed by atoms with E-state index in [0.717, 1.165) is 17.1 Å². The van der Waals surface area contributed by atoms with Gasteiger partial charge in [0.25, 0.3) is 0 Å². The van der Waals surface area contributed by atoms with E-state index in [0.29, 0.717) is 56.1 Å². The fourth-order valence-electron chi connectivity index (χ4n) is 6.29. The molecule has 3 aromatic rings. The number of likely N-dealkylation sites (tertiary alicyclic amines) is 1. The number of benzene rings is 1. The maximum atomic E-state index is 11.0. The molecule has 38 heavy (non-hydrogen) atoms. The molecule has 0 spiro atoms. The number of amidine groups is 1. The van der Waals surface area contributed by atoms with E-state index in [4.69, 9.17) is 30.8 Å². The van der Waals surface area contributed by atoms with Gasteiger partial charge in [-0.1, -0.05) is 30.4 Å². The summed E-state index contributed by atoms with van der Waals surface area (Å²) in [7, 11) is 1.61. The molecule has 0 radical (unpaired) electrons. The van der Waals surface area contributed by atoms with Crippen molar-refractivity contribution in [3.63, 3.8) is 0 Å². The summed E-state index contributed by atoms with van der Waals surface area (Å²) in [5.74, 6) is 2.24. The van der Waals surface area contributed by atoms with Gasteiger partial charge in [0, 0.05) is 24.6 Å². The van der Waals surface area contributed by atoms with Crippen LogP contribution in [0, 0.1) is 33.5 Å². The van der Waals surface area contributed by atoms with Gasteiger partial charge in [0.1, 0.15) is 38.9 Å². The molecule has 2 aromatic heterocycles. The molecule has 5 heterocycles. The number of furan rings is 2. The number of ether oxygens (including phenoxy) is 1. The summed E-state index contributed by atoms with van der Waals surface area (Å²) in [6.45, 7) is 2.52. The Morgan fingerprint density at radius 2 is 1.63 bits per heavy atom. The predicted molar refractivity (Wildman–Crippen MR) is 142 cm³/mol. The second kappa shape index (κ2) is 9.41. The minimum atomic E-state index is -1.18.